The summed E-state index contributed by atoms with van der Waals surface area (Å²) < 4.78 is 223. The first-order chi connectivity index (χ1) is 53.3. The average molecular weight is 1760 g/mol. The summed E-state index contributed by atoms with van der Waals surface area (Å²) in [7, 11) is 0. The quantitative estimate of drug-likeness (QED) is 0.0245. The van der Waals surface area contributed by atoms with Crippen LogP contribution in [0.1, 0.15) is 81.3 Å². The van der Waals surface area contributed by atoms with Gasteiger partial charge in [-0.05, 0) is 107 Å². The van der Waals surface area contributed by atoms with Crippen molar-refractivity contribution in [3.8, 4) is 0 Å². The number of benzene rings is 6. The molecule has 0 spiro atoms. The minimum atomic E-state index is -4.92. The summed E-state index contributed by atoms with van der Waals surface area (Å²) in [6.45, 7) is 2.39. The number of nitrogens with zero attached hydrogens (tertiary/aromatic N) is 6. The second kappa shape index (κ2) is 36.7. The number of carboxylic acid groups (broad SMARTS) is 1. The molecule has 0 radical (unpaired) electrons. The molecule has 3 unspecified atom stereocenters. The zero-order valence-corrected chi connectivity index (χ0v) is 67.5. The van der Waals surface area contributed by atoms with Crippen LogP contribution in [0.3, 0.4) is 0 Å². The molecule has 6 N–H and O–H groups in total. The first-order valence-corrected chi connectivity index (χ1v) is 37.2. The van der Waals surface area contributed by atoms with E-state index < -0.39 is 170 Å². The molecule has 0 saturated carbocycles. The number of amides is 3. The van der Waals surface area contributed by atoms with Crippen molar-refractivity contribution < 1.29 is 159 Å². The van der Waals surface area contributed by atoms with E-state index in [1.54, 1.807) is 27.7 Å². The van der Waals surface area contributed by atoms with Crippen molar-refractivity contribution in [2.45, 2.75) is 138 Å². The minimum Gasteiger partial charge on any atom is -0.553 e. The molecule has 3 aliphatic rings. The number of aromatic carboxylic acids is 1. The molecular weight excluding hydrogens is 1690 g/mol. The van der Waals surface area contributed by atoms with Gasteiger partial charge in [-0.15, -0.1) is 0 Å². The summed E-state index contributed by atoms with van der Waals surface area (Å²) >= 11 is 20.5. The van der Waals surface area contributed by atoms with Crippen LogP contribution in [0.15, 0.2) is 120 Å². The number of esters is 2. The summed E-state index contributed by atoms with van der Waals surface area (Å²) in [6, 6.07) is 20.4. The number of hydrogen-bond donors (Lipinski definition) is 5. The first-order valence-electron chi connectivity index (χ1n) is 33.6. The predicted octanol–water partition coefficient (Wildman–Crippen LogP) is 14.2. The molecule has 3 aromatic heterocycles. The fourth-order valence-corrected chi connectivity index (χ4v) is 16.6. The molecule has 12 rings (SSSR count). The molecule has 42 heteroatoms. The third kappa shape index (κ3) is 19.0. The molecule has 3 saturated heterocycles. The van der Waals surface area contributed by atoms with Gasteiger partial charge in [0.05, 0.1) is 81.2 Å². The number of hydrogen-bond acceptors (Lipinski definition) is 15. The predicted molar refractivity (Wildman–Crippen MR) is 388 cm³/mol. The van der Waals surface area contributed by atoms with E-state index in [0.29, 0.717) is 26.1 Å². The first kappa shape index (κ1) is 92.9. The van der Waals surface area contributed by atoms with Crippen molar-refractivity contribution in [2.24, 2.45) is 0 Å². The van der Waals surface area contributed by atoms with Crippen LogP contribution in [0.5, 0.6) is 0 Å². The van der Waals surface area contributed by atoms with Gasteiger partial charge < -0.3 is 69.4 Å². The van der Waals surface area contributed by atoms with E-state index >= 15 is 22.0 Å². The normalized spacial score (nSPS) is 17.6. The average Bonchev–Trinajstić information content (AvgIpc) is 1.61. The standard InChI is InChI=1S/2C25H22ClF5N2O4S.C23H18ClF5N2O4S.H2NO.Na/c2*1-3-37-23(35)14-5-4-6-17(19(14)27)38-22-13(2)33(21-15(22)7-8-16(26)20(21)28)11-18(34)32-10-9-24(36,12-32)25(29,30)31;1-11-20(36-15-4-2-3-12(17(15)25)21(33)34)13-5-6-14(24)18(26)19(13)31(11)9-16(32)30-8-7-22(35,10-30)23(27,28)29;1-2;/h2*4-8,36H,3,9-12H2,1-2H3;2-6,35H,7-10H2,1H3,(H,33,34);1-2H;/q;;;-1;+1. The van der Waals surface area contributed by atoms with Crippen LogP contribution in [-0.2, 0) is 43.5 Å². The monoisotopic (exact) mass is 1760 g/mol. The van der Waals surface area contributed by atoms with Crippen LogP contribution in [0, 0.1) is 55.7 Å². The summed E-state index contributed by atoms with van der Waals surface area (Å²) in [6.07, 6.45) is -16.8. The summed E-state index contributed by atoms with van der Waals surface area (Å²) in [5.41, 5.74) is -9.54. The Labute approximate surface area is 692 Å². The summed E-state index contributed by atoms with van der Waals surface area (Å²) in [4.78, 5) is 78.0. The molecule has 614 valence electrons. The third-order valence-electron chi connectivity index (χ3n) is 19.0. The SMILES string of the molecule is CCOC(=O)c1cccc(Sc2c(C)n(CC(=O)N3CCC(O)(C(F)(F)F)C3)c3c(F)c(Cl)ccc23)c1F.CCOC(=O)c1cccc(Sc2c(C)n(CC(=O)N3CCC(O)(C(F)(F)F)C3)c3c(F)c(Cl)ccc23)c1F.Cc1c(Sc2cccc(C(=O)O)c2F)c2ccc(Cl)c(F)c2n1CC(=O)N1CCC(O)(C(F)(F)F)C1.[NH-]O.[Na+]. The van der Waals surface area contributed by atoms with Crippen molar-refractivity contribution in [3.05, 3.63) is 181 Å². The van der Waals surface area contributed by atoms with Gasteiger partial charge in [0.2, 0.25) is 17.7 Å². The summed E-state index contributed by atoms with van der Waals surface area (Å²) in [5, 5.41) is 45.3. The largest absolute Gasteiger partial charge is 1.00 e. The molecule has 6 heterocycles. The number of alkyl halides is 9. The van der Waals surface area contributed by atoms with Crippen LogP contribution in [0.25, 0.3) is 38.6 Å². The molecule has 0 bridgehead atoms. The molecule has 20 nitrogen and oxygen atoms in total. The van der Waals surface area contributed by atoms with Gasteiger partial charge >= 0.3 is 66.0 Å². The smallest absolute Gasteiger partial charge is 0.553 e. The van der Waals surface area contributed by atoms with Crippen molar-refractivity contribution in [1.82, 2.24) is 28.4 Å². The van der Waals surface area contributed by atoms with Crippen molar-refractivity contribution in [3.63, 3.8) is 0 Å². The topological polar surface area (TPSA) is 270 Å². The number of halogens is 18. The second-order valence-corrected chi connectivity index (χ2v) is 30.3. The van der Waals surface area contributed by atoms with E-state index in [1.807, 2.05) is 0 Å². The fraction of sp³-hybridized carbons (Fsp3) is 0.342. The number of aliphatic hydroxyl groups is 3. The van der Waals surface area contributed by atoms with Gasteiger partial charge in [-0.2, -0.15) is 39.5 Å². The zero-order valence-electron chi connectivity index (χ0n) is 60.8. The van der Waals surface area contributed by atoms with E-state index in [0.717, 1.165) is 56.1 Å². The van der Waals surface area contributed by atoms with Crippen molar-refractivity contribution in [1.29, 1.82) is 0 Å². The van der Waals surface area contributed by atoms with Gasteiger partial charge in [0, 0.05) is 102 Å². The Morgan fingerprint density at radius 2 is 0.687 bits per heavy atom. The Bertz CT molecular complexity index is 5060. The minimum absolute atomic E-state index is 0. The van der Waals surface area contributed by atoms with E-state index in [9.17, 15) is 93.1 Å². The maximum Gasteiger partial charge on any atom is 1.00 e. The van der Waals surface area contributed by atoms with E-state index in [2.05, 4.69) is 0 Å². The molecule has 3 amide bonds. The van der Waals surface area contributed by atoms with Gasteiger partial charge in [0.15, 0.2) is 51.7 Å². The maximum atomic E-state index is 15.2. The Kier molecular flexibility index (Phi) is 29.7. The van der Waals surface area contributed by atoms with Crippen molar-refractivity contribution >= 4 is 138 Å². The molecule has 6 aromatic carbocycles. The summed E-state index contributed by atoms with van der Waals surface area (Å²) in [5.74, 6) is -6.02. The number of likely N-dealkylation sites (tertiary alicyclic amines) is 3. The van der Waals surface area contributed by atoms with Crippen LogP contribution in [0.2, 0.25) is 15.1 Å². The Balaban J connectivity index is 0.000000212. The number of rotatable bonds is 17. The maximum absolute atomic E-state index is 15.2. The van der Waals surface area contributed by atoms with Crippen LogP contribution < -0.4 is 29.6 Å². The fourth-order valence-electron chi connectivity index (χ4n) is 12.8. The Hall–Kier alpha value is -7.57. The van der Waals surface area contributed by atoms with Crippen LogP contribution in [-0.4, -0.2) is 177 Å². The van der Waals surface area contributed by atoms with E-state index in [4.69, 9.17) is 55.4 Å². The van der Waals surface area contributed by atoms with E-state index in [-0.39, 0.29) is 142 Å². The number of carbonyl (C=O) groups excluding carboxylic acids is 5. The molecular formula is C73H64Cl3F15N7NaO13S3. The Morgan fingerprint density at radius 3 is 0.922 bits per heavy atom. The second-order valence-electron chi connectivity index (χ2n) is 26.0. The van der Waals surface area contributed by atoms with Crippen LogP contribution >= 0.6 is 70.1 Å². The number of nitrogens with one attached hydrogen (secondary N) is 1. The zero-order chi connectivity index (χ0) is 84.6. The number of carboxylic acids is 1. The van der Waals surface area contributed by atoms with Gasteiger partial charge in [-0.1, -0.05) is 88.3 Å². The van der Waals surface area contributed by atoms with Crippen molar-refractivity contribution in [2.75, 3.05) is 52.5 Å². The van der Waals surface area contributed by atoms with Gasteiger partial charge in [0.25, 0.3) is 0 Å². The number of β-amino-alcohol motifs (C(OH)–C–C–N with tert-alkyl or cyclic N) is 3. The molecule has 3 fully saturated rings. The Morgan fingerprint density at radius 1 is 0.435 bits per heavy atom. The molecule has 0 aliphatic carbocycles. The van der Waals surface area contributed by atoms with Gasteiger partial charge in [-0.25, -0.2) is 40.7 Å². The number of carbonyl (C=O) groups is 6. The molecule has 3 aliphatic heterocycles. The van der Waals surface area contributed by atoms with E-state index in [1.165, 1.54) is 106 Å². The van der Waals surface area contributed by atoms with Gasteiger partial charge in [0.1, 0.15) is 19.6 Å². The van der Waals surface area contributed by atoms with Gasteiger partial charge in [-0.3, -0.25) is 14.4 Å². The molecule has 3 atom stereocenters. The molecule has 9 aromatic rings. The number of aromatic nitrogens is 3. The third-order valence-corrected chi connectivity index (χ3v) is 23.6. The van der Waals surface area contributed by atoms with Crippen LogP contribution in [0.4, 0.5) is 65.9 Å². The molecule has 115 heavy (non-hydrogen) atoms. The number of fused-ring (bicyclic) bond motifs is 3. The number of ether oxygens (including phenoxy) is 2.